The van der Waals surface area contributed by atoms with Gasteiger partial charge >= 0.3 is 0 Å². The van der Waals surface area contributed by atoms with E-state index in [9.17, 15) is 4.79 Å². The number of anilines is 1. The number of rotatable bonds is 7. The number of carbonyl (C=O) groups is 1. The molecule has 28 heavy (non-hydrogen) atoms. The molecule has 1 amide bonds. The first-order valence-electron chi connectivity index (χ1n) is 9.18. The summed E-state index contributed by atoms with van der Waals surface area (Å²) in [5.74, 6) is -0.124. The third-order valence-corrected chi connectivity index (χ3v) is 6.21. The summed E-state index contributed by atoms with van der Waals surface area (Å²) < 4.78 is 5.36. The molecule has 0 radical (unpaired) electrons. The number of nitrogens with zero attached hydrogens (tertiary/aromatic N) is 4. The Bertz CT molecular complexity index is 906. The highest BCUT2D eigenvalue weighted by molar-refractivity contribution is 7.15. The van der Waals surface area contributed by atoms with Crippen LogP contribution in [0.1, 0.15) is 10.7 Å². The average Bonchev–Trinajstić information content (AvgIpc) is 3.37. The molecule has 0 aliphatic carbocycles. The smallest absolute Gasteiger partial charge is 0.232 e. The lowest BCUT2D eigenvalue weighted by Crippen LogP contribution is -2.37. The maximum atomic E-state index is 12.3. The van der Waals surface area contributed by atoms with Gasteiger partial charge in [0.1, 0.15) is 10.0 Å². The first-order valence-corrected chi connectivity index (χ1v) is 10.9. The van der Waals surface area contributed by atoms with Crippen molar-refractivity contribution < 1.29 is 9.53 Å². The number of hydrogen-bond acceptors (Lipinski definition) is 8. The van der Waals surface area contributed by atoms with Gasteiger partial charge in [-0.25, -0.2) is 4.98 Å². The molecular formula is C19H21N5O2S2. The van der Waals surface area contributed by atoms with Gasteiger partial charge in [-0.05, 0) is 0 Å². The second-order valence-electron chi connectivity index (χ2n) is 6.44. The molecule has 9 heteroatoms. The summed E-state index contributed by atoms with van der Waals surface area (Å²) in [4.78, 5) is 19.2. The van der Waals surface area contributed by atoms with E-state index >= 15 is 0 Å². The van der Waals surface area contributed by atoms with Gasteiger partial charge in [-0.3, -0.25) is 9.69 Å². The Balaban J connectivity index is 1.27. The van der Waals surface area contributed by atoms with Crippen LogP contribution in [0.25, 0.3) is 10.6 Å². The van der Waals surface area contributed by atoms with Gasteiger partial charge < -0.3 is 10.1 Å². The normalized spacial score (nSPS) is 14.9. The molecule has 7 nitrogen and oxygen atoms in total. The molecule has 0 bridgehead atoms. The van der Waals surface area contributed by atoms with E-state index in [1.807, 2.05) is 35.7 Å². The molecule has 0 saturated carbocycles. The molecule has 3 aromatic rings. The van der Waals surface area contributed by atoms with Crippen LogP contribution in [0.3, 0.4) is 0 Å². The molecule has 3 heterocycles. The summed E-state index contributed by atoms with van der Waals surface area (Å²) in [7, 11) is 0. The highest BCUT2D eigenvalue weighted by atomic mass is 32.1. The second-order valence-corrected chi connectivity index (χ2v) is 8.36. The Morgan fingerprint density at radius 3 is 2.82 bits per heavy atom. The predicted molar refractivity (Wildman–Crippen MR) is 111 cm³/mol. The first-order chi connectivity index (χ1) is 13.8. The van der Waals surface area contributed by atoms with Gasteiger partial charge in [0.2, 0.25) is 11.0 Å². The molecule has 0 unspecified atom stereocenters. The fraction of sp³-hybridized carbons (Fsp3) is 0.368. The van der Waals surface area contributed by atoms with Gasteiger partial charge in [0.05, 0.1) is 25.3 Å². The number of morpholine rings is 1. The van der Waals surface area contributed by atoms with Crippen LogP contribution in [0.15, 0.2) is 35.7 Å². The van der Waals surface area contributed by atoms with Crippen LogP contribution in [0.2, 0.25) is 0 Å². The number of hydrogen-bond donors (Lipinski definition) is 1. The molecule has 1 aromatic carbocycles. The minimum atomic E-state index is -0.124. The van der Waals surface area contributed by atoms with Gasteiger partial charge in [-0.1, -0.05) is 41.7 Å². The van der Waals surface area contributed by atoms with E-state index in [1.165, 1.54) is 11.3 Å². The Morgan fingerprint density at radius 2 is 2.00 bits per heavy atom. The van der Waals surface area contributed by atoms with Crippen molar-refractivity contribution in [2.75, 3.05) is 38.2 Å². The minimum Gasteiger partial charge on any atom is -0.379 e. The number of amides is 1. The average molecular weight is 416 g/mol. The van der Waals surface area contributed by atoms with Crippen LogP contribution in [0, 0.1) is 0 Å². The zero-order valence-corrected chi connectivity index (χ0v) is 17.0. The van der Waals surface area contributed by atoms with E-state index in [0.29, 0.717) is 5.13 Å². The van der Waals surface area contributed by atoms with E-state index in [2.05, 4.69) is 25.4 Å². The molecule has 1 saturated heterocycles. The van der Waals surface area contributed by atoms with Gasteiger partial charge in [0.15, 0.2) is 0 Å². The largest absolute Gasteiger partial charge is 0.379 e. The summed E-state index contributed by atoms with van der Waals surface area (Å²) in [5, 5.41) is 15.4. The molecule has 0 spiro atoms. The van der Waals surface area contributed by atoms with Crippen LogP contribution >= 0.6 is 22.7 Å². The fourth-order valence-electron chi connectivity index (χ4n) is 2.91. The Labute approximate surface area is 171 Å². The second kappa shape index (κ2) is 9.33. The minimum absolute atomic E-state index is 0.124. The Hall–Kier alpha value is -2.20. The molecule has 0 atom stereocenters. The van der Waals surface area contributed by atoms with E-state index in [1.54, 1.807) is 11.3 Å². The van der Waals surface area contributed by atoms with E-state index < -0.39 is 0 Å². The van der Waals surface area contributed by atoms with Crippen LogP contribution in [0.5, 0.6) is 0 Å². The summed E-state index contributed by atoms with van der Waals surface area (Å²) in [6, 6.07) is 9.97. The van der Waals surface area contributed by atoms with Gasteiger partial charge in [0, 0.05) is 37.0 Å². The van der Waals surface area contributed by atoms with Crippen molar-refractivity contribution >= 4 is 33.7 Å². The van der Waals surface area contributed by atoms with Crippen LogP contribution in [0.4, 0.5) is 5.13 Å². The summed E-state index contributed by atoms with van der Waals surface area (Å²) >= 11 is 2.98. The van der Waals surface area contributed by atoms with Gasteiger partial charge in [0.25, 0.3) is 0 Å². The molecule has 1 aliphatic rings. The number of ether oxygens (including phenoxy) is 1. The number of carbonyl (C=O) groups excluding carboxylic acids is 1. The van der Waals surface area contributed by atoms with Crippen LogP contribution < -0.4 is 5.32 Å². The molecule has 1 fully saturated rings. The van der Waals surface area contributed by atoms with Crippen molar-refractivity contribution in [3.8, 4) is 10.6 Å². The third kappa shape index (κ3) is 5.20. The lowest BCUT2D eigenvalue weighted by Gasteiger charge is -2.25. The fourth-order valence-corrected chi connectivity index (χ4v) is 4.48. The van der Waals surface area contributed by atoms with Crippen molar-refractivity contribution in [3.05, 3.63) is 46.4 Å². The molecule has 1 aliphatic heterocycles. The lowest BCUT2D eigenvalue weighted by atomic mass is 10.2. The number of benzene rings is 1. The third-order valence-electron chi connectivity index (χ3n) is 4.37. The standard InChI is InChI=1S/C19H21N5O2S2/c25-16(12-15-13-27-18(20-15)14-4-2-1-3-5-14)21-19-23-22-17(28-19)6-7-24-8-10-26-11-9-24/h1-5,13H,6-12H2,(H,21,23,25). The Kier molecular flexibility index (Phi) is 6.38. The molecule has 2 aromatic heterocycles. The molecule has 146 valence electrons. The summed E-state index contributed by atoms with van der Waals surface area (Å²) in [6.45, 7) is 4.44. The molecule has 4 rings (SSSR count). The maximum Gasteiger partial charge on any atom is 0.232 e. The zero-order chi connectivity index (χ0) is 19.2. The van der Waals surface area contributed by atoms with E-state index in [-0.39, 0.29) is 12.3 Å². The maximum absolute atomic E-state index is 12.3. The SMILES string of the molecule is O=C(Cc1csc(-c2ccccc2)n1)Nc1nnc(CCN2CCOCC2)s1. The van der Waals surface area contributed by atoms with Crippen molar-refractivity contribution in [2.24, 2.45) is 0 Å². The highest BCUT2D eigenvalue weighted by Gasteiger charge is 2.14. The molecular weight excluding hydrogens is 394 g/mol. The summed E-state index contributed by atoms with van der Waals surface area (Å²) in [6.07, 6.45) is 1.06. The highest BCUT2D eigenvalue weighted by Crippen LogP contribution is 2.24. The van der Waals surface area contributed by atoms with Gasteiger partial charge in [-0.2, -0.15) is 0 Å². The van der Waals surface area contributed by atoms with E-state index in [4.69, 9.17) is 4.74 Å². The Morgan fingerprint density at radius 1 is 1.18 bits per heavy atom. The van der Waals surface area contributed by atoms with Crippen molar-refractivity contribution in [1.29, 1.82) is 0 Å². The topological polar surface area (TPSA) is 80.2 Å². The van der Waals surface area contributed by atoms with Crippen molar-refractivity contribution in [2.45, 2.75) is 12.8 Å². The lowest BCUT2D eigenvalue weighted by molar-refractivity contribution is -0.115. The number of thiazole rings is 1. The zero-order valence-electron chi connectivity index (χ0n) is 15.3. The number of nitrogens with one attached hydrogen (secondary N) is 1. The molecule has 1 N–H and O–H groups in total. The first kappa shape index (κ1) is 19.1. The number of aromatic nitrogens is 3. The predicted octanol–water partition coefficient (Wildman–Crippen LogP) is 2.72. The van der Waals surface area contributed by atoms with Crippen LogP contribution in [-0.2, 0) is 22.4 Å². The van der Waals surface area contributed by atoms with Crippen molar-refractivity contribution in [3.63, 3.8) is 0 Å². The van der Waals surface area contributed by atoms with Crippen LogP contribution in [-0.4, -0.2) is 58.8 Å². The van der Waals surface area contributed by atoms with Crippen molar-refractivity contribution in [1.82, 2.24) is 20.1 Å². The van der Waals surface area contributed by atoms with Gasteiger partial charge in [-0.15, -0.1) is 21.5 Å². The summed E-state index contributed by atoms with van der Waals surface area (Å²) in [5.41, 5.74) is 1.83. The quantitative estimate of drug-likeness (QED) is 0.639. The monoisotopic (exact) mass is 415 g/mol. The van der Waals surface area contributed by atoms with E-state index in [0.717, 1.165) is 60.5 Å².